The van der Waals surface area contributed by atoms with Gasteiger partial charge in [-0.2, -0.15) is 0 Å². The highest BCUT2D eigenvalue weighted by molar-refractivity contribution is 7.99. The summed E-state index contributed by atoms with van der Waals surface area (Å²) in [4.78, 5) is 0. The number of rotatable bonds is 1. The number of benzene rings is 1. The van der Waals surface area contributed by atoms with Gasteiger partial charge in [-0.15, -0.1) is 24.2 Å². The molecule has 1 fully saturated rings. The highest BCUT2D eigenvalue weighted by Gasteiger charge is 2.28. The molecule has 2 nitrogen and oxygen atoms in total. The van der Waals surface area contributed by atoms with Crippen LogP contribution in [0.15, 0.2) is 12.1 Å². The summed E-state index contributed by atoms with van der Waals surface area (Å²) in [6, 6.07) is 4.36. The van der Waals surface area contributed by atoms with Crippen LogP contribution in [0, 0.1) is 0 Å². The maximum Gasteiger partial charge on any atom is 0.123 e. The van der Waals surface area contributed by atoms with E-state index in [4.69, 9.17) is 0 Å². The molecule has 21 heavy (non-hydrogen) atoms. The van der Waals surface area contributed by atoms with Gasteiger partial charge in [0.15, 0.2) is 0 Å². The summed E-state index contributed by atoms with van der Waals surface area (Å²) in [7, 11) is 0. The lowest BCUT2D eigenvalue weighted by Gasteiger charge is -2.29. The second-order valence-corrected chi connectivity index (χ2v) is 8.88. The van der Waals surface area contributed by atoms with Crippen molar-refractivity contribution in [2.45, 2.75) is 57.7 Å². The van der Waals surface area contributed by atoms with Crippen molar-refractivity contribution in [3.8, 4) is 5.75 Å². The van der Waals surface area contributed by atoms with Crippen LogP contribution in [0.3, 0.4) is 0 Å². The van der Waals surface area contributed by atoms with Gasteiger partial charge in [0.1, 0.15) is 5.75 Å². The molecule has 1 unspecified atom stereocenters. The molecular formula is C17H28ClNOS. The average molecular weight is 330 g/mol. The normalized spacial score (nSPS) is 19.4. The minimum Gasteiger partial charge on any atom is -0.507 e. The molecule has 2 rings (SSSR count). The van der Waals surface area contributed by atoms with E-state index in [9.17, 15) is 5.11 Å². The van der Waals surface area contributed by atoms with E-state index >= 15 is 0 Å². The van der Waals surface area contributed by atoms with E-state index in [1.807, 2.05) is 11.8 Å². The maximum absolute atomic E-state index is 10.7. The van der Waals surface area contributed by atoms with Gasteiger partial charge in [-0.1, -0.05) is 41.5 Å². The van der Waals surface area contributed by atoms with Crippen molar-refractivity contribution in [1.82, 2.24) is 5.32 Å². The Bertz CT molecular complexity index is 461. The Labute approximate surface area is 139 Å². The van der Waals surface area contributed by atoms with Gasteiger partial charge < -0.3 is 10.4 Å². The Kier molecular flexibility index (Phi) is 5.68. The molecule has 1 atom stereocenters. The molecular weight excluding hydrogens is 302 g/mol. The van der Waals surface area contributed by atoms with Crippen molar-refractivity contribution < 1.29 is 5.11 Å². The summed E-state index contributed by atoms with van der Waals surface area (Å²) < 4.78 is 0. The largest absolute Gasteiger partial charge is 0.507 e. The van der Waals surface area contributed by atoms with Gasteiger partial charge in [0.2, 0.25) is 0 Å². The third kappa shape index (κ3) is 4.08. The van der Waals surface area contributed by atoms with E-state index < -0.39 is 0 Å². The lowest BCUT2D eigenvalue weighted by Crippen LogP contribution is -2.20. The van der Waals surface area contributed by atoms with Crippen molar-refractivity contribution in [3.63, 3.8) is 0 Å². The predicted octanol–water partition coefficient (Wildman–Crippen LogP) is 4.74. The molecule has 1 aliphatic heterocycles. The van der Waals surface area contributed by atoms with Gasteiger partial charge >= 0.3 is 0 Å². The average Bonchev–Trinajstić information content (AvgIpc) is 2.79. The first-order chi connectivity index (χ1) is 9.10. The first-order valence-corrected chi connectivity index (χ1v) is 8.38. The molecule has 0 saturated carbocycles. The van der Waals surface area contributed by atoms with Gasteiger partial charge in [-0.3, -0.25) is 0 Å². The monoisotopic (exact) mass is 329 g/mol. The Morgan fingerprint density at radius 2 is 1.52 bits per heavy atom. The maximum atomic E-state index is 10.7. The van der Waals surface area contributed by atoms with Crippen molar-refractivity contribution in [2.75, 3.05) is 12.3 Å². The molecule has 2 N–H and O–H groups in total. The van der Waals surface area contributed by atoms with Crippen LogP contribution in [-0.2, 0) is 10.8 Å². The van der Waals surface area contributed by atoms with Crippen LogP contribution in [0.1, 0.15) is 63.6 Å². The quantitative estimate of drug-likeness (QED) is 0.780. The second kappa shape index (κ2) is 6.39. The van der Waals surface area contributed by atoms with Crippen LogP contribution >= 0.6 is 24.2 Å². The molecule has 1 aromatic rings. The molecule has 120 valence electrons. The van der Waals surface area contributed by atoms with Gasteiger partial charge in [-0.25, -0.2) is 0 Å². The molecule has 0 spiro atoms. The van der Waals surface area contributed by atoms with E-state index in [1.165, 1.54) is 5.56 Å². The fourth-order valence-electron chi connectivity index (χ4n) is 2.59. The highest BCUT2D eigenvalue weighted by Crippen LogP contribution is 2.42. The number of hydrogen-bond donors (Lipinski definition) is 2. The Morgan fingerprint density at radius 3 is 1.86 bits per heavy atom. The third-order valence-corrected chi connectivity index (χ3v) is 4.98. The molecule has 0 bridgehead atoms. The number of phenols is 1. The second-order valence-electron chi connectivity index (χ2n) is 7.67. The van der Waals surface area contributed by atoms with Crippen LogP contribution in [0.4, 0.5) is 0 Å². The fourth-order valence-corrected chi connectivity index (χ4v) is 3.63. The molecule has 1 saturated heterocycles. The van der Waals surface area contributed by atoms with E-state index in [1.54, 1.807) is 0 Å². The molecule has 0 aromatic heterocycles. The van der Waals surface area contributed by atoms with Crippen molar-refractivity contribution in [3.05, 3.63) is 28.8 Å². The van der Waals surface area contributed by atoms with Crippen LogP contribution in [0.2, 0.25) is 0 Å². The van der Waals surface area contributed by atoms with E-state index in [2.05, 4.69) is 59.0 Å². The lowest BCUT2D eigenvalue weighted by atomic mass is 9.78. The first kappa shape index (κ1) is 18.7. The molecule has 1 heterocycles. The molecule has 4 heteroatoms. The fraction of sp³-hybridized carbons (Fsp3) is 0.647. The van der Waals surface area contributed by atoms with Gasteiger partial charge in [0.05, 0.1) is 5.37 Å². The van der Waals surface area contributed by atoms with Crippen molar-refractivity contribution in [2.24, 2.45) is 0 Å². The van der Waals surface area contributed by atoms with Gasteiger partial charge in [0, 0.05) is 12.3 Å². The predicted molar refractivity (Wildman–Crippen MR) is 96.0 cm³/mol. The van der Waals surface area contributed by atoms with E-state index in [0.29, 0.717) is 11.1 Å². The number of nitrogens with one attached hydrogen (secondary N) is 1. The Morgan fingerprint density at radius 1 is 1.05 bits per heavy atom. The van der Waals surface area contributed by atoms with Crippen LogP contribution < -0.4 is 5.32 Å². The SMILES string of the molecule is CC(C)(C)c1cc(C2NCCS2)cc(C(C)(C)C)c1O.Cl. The Hall–Kier alpha value is -0.380. The van der Waals surface area contributed by atoms with Crippen LogP contribution in [0.25, 0.3) is 0 Å². The number of thioether (sulfide) groups is 1. The number of aromatic hydroxyl groups is 1. The molecule has 1 aromatic carbocycles. The van der Waals surface area contributed by atoms with Crippen LogP contribution in [-0.4, -0.2) is 17.4 Å². The minimum atomic E-state index is -0.0522. The lowest BCUT2D eigenvalue weighted by molar-refractivity contribution is 0.422. The minimum absolute atomic E-state index is 0. The summed E-state index contributed by atoms with van der Waals surface area (Å²) in [6.07, 6.45) is 0. The zero-order valence-corrected chi connectivity index (χ0v) is 15.5. The van der Waals surface area contributed by atoms with E-state index in [-0.39, 0.29) is 23.2 Å². The number of hydrogen-bond acceptors (Lipinski definition) is 3. The molecule has 0 radical (unpaired) electrons. The zero-order valence-electron chi connectivity index (χ0n) is 13.9. The van der Waals surface area contributed by atoms with Crippen molar-refractivity contribution >= 4 is 24.2 Å². The summed E-state index contributed by atoms with van der Waals surface area (Å²) in [5, 5.41) is 14.6. The summed E-state index contributed by atoms with van der Waals surface area (Å²) in [5.74, 6) is 1.62. The van der Waals surface area contributed by atoms with Crippen LogP contribution in [0.5, 0.6) is 5.75 Å². The van der Waals surface area contributed by atoms with Crippen molar-refractivity contribution in [1.29, 1.82) is 0 Å². The number of halogens is 1. The zero-order chi connectivity index (χ0) is 15.1. The number of phenolic OH excluding ortho intramolecular Hbond substituents is 1. The van der Waals surface area contributed by atoms with E-state index in [0.717, 1.165) is 23.4 Å². The van der Waals surface area contributed by atoms with Gasteiger partial charge in [0.25, 0.3) is 0 Å². The summed E-state index contributed by atoms with van der Waals surface area (Å²) >= 11 is 1.95. The third-order valence-electron chi connectivity index (χ3n) is 3.77. The standard InChI is InChI=1S/C17H27NOS.ClH/c1-16(2,3)12-9-11(15-18-7-8-20-15)10-13(14(12)19)17(4,5)6;/h9-10,15,18-19H,7-8H2,1-6H3;1H. The highest BCUT2D eigenvalue weighted by atomic mass is 35.5. The molecule has 0 aliphatic carbocycles. The Balaban J connectivity index is 0.00000220. The topological polar surface area (TPSA) is 32.3 Å². The molecule has 0 amide bonds. The summed E-state index contributed by atoms with van der Waals surface area (Å²) in [6.45, 7) is 14.0. The smallest absolute Gasteiger partial charge is 0.123 e. The first-order valence-electron chi connectivity index (χ1n) is 7.33. The summed E-state index contributed by atoms with van der Waals surface area (Å²) in [5.41, 5.74) is 3.29. The molecule has 1 aliphatic rings. The van der Waals surface area contributed by atoms with Gasteiger partial charge in [-0.05, 0) is 39.7 Å².